The first-order chi connectivity index (χ1) is 26.0. The lowest BCUT2D eigenvalue weighted by Gasteiger charge is -2.18. The van der Waals surface area contributed by atoms with Gasteiger partial charge in [-0.1, -0.05) is 158 Å². The second kappa shape index (κ2) is 41.6. The monoisotopic (exact) mass is 739 g/mol. The summed E-state index contributed by atoms with van der Waals surface area (Å²) in [5, 5.41) is 0. The van der Waals surface area contributed by atoms with Crippen LogP contribution in [-0.4, -0.2) is 37.2 Å². The number of allylic oxidation sites excluding steroid dienone is 12. The quantitative estimate of drug-likeness (QED) is 0.0273. The minimum Gasteiger partial charge on any atom is -0.462 e. The van der Waals surface area contributed by atoms with Crippen molar-refractivity contribution in [1.82, 2.24) is 0 Å². The van der Waals surface area contributed by atoms with Gasteiger partial charge < -0.3 is 14.2 Å². The predicted octanol–water partition coefficient (Wildman–Crippen LogP) is 13.5. The molecule has 0 aliphatic rings. The molecule has 1 atom stereocenters. The summed E-state index contributed by atoms with van der Waals surface area (Å²) in [6, 6.07) is 0. The van der Waals surface area contributed by atoms with Gasteiger partial charge in [-0.3, -0.25) is 14.4 Å². The minimum absolute atomic E-state index is 0.0914. The molecule has 53 heavy (non-hydrogen) atoms. The van der Waals surface area contributed by atoms with Crippen LogP contribution in [0.4, 0.5) is 0 Å². The first kappa shape index (κ1) is 49.9. The molecular weight excluding hydrogens is 661 g/mol. The summed E-state index contributed by atoms with van der Waals surface area (Å²) in [5.41, 5.74) is 0. The van der Waals surface area contributed by atoms with Crippen LogP contribution in [0, 0.1) is 0 Å². The fourth-order valence-corrected chi connectivity index (χ4v) is 5.45. The van der Waals surface area contributed by atoms with E-state index >= 15 is 0 Å². The summed E-state index contributed by atoms with van der Waals surface area (Å²) in [4.78, 5) is 37.4. The van der Waals surface area contributed by atoms with Crippen molar-refractivity contribution in [2.45, 2.75) is 194 Å². The Morgan fingerprint density at radius 1 is 0.396 bits per heavy atom. The Morgan fingerprint density at radius 3 is 1.25 bits per heavy atom. The van der Waals surface area contributed by atoms with E-state index in [1.54, 1.807) is 0 Å². The van der Waals surface area contributed by atoms with Crippen LogP contribution in [0.5, 0.6) is 0 Å². The van der Waals surface area contributed by atoms with E-state index < -0.39 is 6.10 Å². The molecule has 0 saturated carbocycles. The number of hydrogen-bond donors (Lipinski definition) is 0. The van der Waals surface area contributed by atoms with Crippen molar-refractivity contribution < 1.29 is 28.6 Å². The van der Waals surface area contributed by atoms with E-state index in [2.05, 4.69) is 93.7 Å². The summed E-state index contributed by atoms with van der Waals surface area (Å²) < 4.78 is 16.5. The van der Waals surface area contributed by atoms with Crippen molar-refractivity contribution in [3.05, 3.63) is 72.9 Å². The number of rotatable bonds is 37. The lowest BCUT2D eigenvalue weighted by molar-refractivity contribution is -0.167. The van der Waals surface area contributed by atoms with Crippen molar-refractivity contribution in [3.8, 4) is 0 Å². The van der Waals surface area contributed by atoms with Gasteiger partial charge in [0.25, 0.3) is 0 Å². The first-order valence-electron chi connectivity index (χ1n) is 21.4. The Hall–Kier alpha value is -3.15. The topological polar surface area (TPSA) is 78.9 Å². The third-order valence-corrected chi connectivity index (χ3v) is 8.70. The smallest absolute Gasteiger partial charge is 0.306 e. The third kappa shape index (κ3) is 39.9. The molecule has 0 aromatic carbocycles. The Morgan fingerprint density at radius 2 is 0.755 bits per heavy atom. The van der Waals surface area contributed by atoms with Crippen LogP contribution >= 0.6 is 0 Å². The van der Waals surface area contributed by atoms with Gasteiger partial charge >= 0.3 is 17.9 Å². The molecule has 0 aromatic rings. The van der Waals surface area contributed by atoms with Crippen LogP contribution in [0.2, 0.25) is 0 Å². The Bertz CT molecular complexity index is 1030. The molecular formula is C47H78O6. The van der Waals surface area contributed by atoms with Crippen LogP contribution in [0.15, 0.2) is 72.9 Å². The van der Waals surface area contributed by atoms with Crippen molar-refractivity contribution in [2.24, 2.45) is 0 Å². The summed E-state index contributed by atoms with van der Waals surface area (Å²) in [6.45, 7) is 6.33. The molecule has 0 fully saturated rings. The summed E-state index contributed by atoms with van der Waals surface area (Å²) >= 11 is 0. The molecule has 0 spiro atoms. The maximum atomic E-state index is 12.6. The third-order valence-electron chi connectivity index (χ3n) is 8.70. The number of unbranched alkanes of at least 4 members (excludes halogenated alkanes) is 14. The lowest BCUT2D eigenvalue weighted by atomic mass is 10.1. The van der Waals surface area contributed by atoms with E-state index in [0.29, 0.717) is 19.3 Å². The molecule has 0 bridgehead atoms. The second-order valence-corrected chi connectivity index (χ2v) is 13.9. The van der Waals surface area contributed by atoms with Gasteiger partial charge in [0.15, 0.2) is 6.10 Å². The fourth-order valence-electron chi connectivity index (χ4n) is 5.45. The van der Waals surface area contributed by atoms with Crippen LogP contribution < -0.4 is 0 Å². The van der Waals surface area contributed by atoms with E-state index in [1.165, 1.54) is 32.1 Å². The lowest BCUT2D eigenvalue weighted by Crippen LogP contribution is -2.30. The van der Waals surface area contributed by atoms with Crippen molar-refractivity contribution in [2.75, 3.05) is 13.2 Å². The average Bonchev–Trinajstić information content (AvgIpc) is 3.15. The molecule has 1 unspecified atom stereocenters. The molecule has 6 heteroatoms. The van der Waals surface area contributed by atoms with Crippen molar-refractivity contribution >= 4 is 17.9 Å². The molecule has 302 valence electrons. The molecule has 0 aliphatic heterocycles. The first-order valence-corrected chi connectivity index (χ1v) is 21.4. The second-order valence-electron chi connectivity index (χ2n) is 13.9. The normalized spacial score (nSPS) is 12.7. The number of hydrogen-bond acceptors (Lipinski definition) is 6. The van der Waals surface area contributed by atoms with Crippen LogP contribution in [0.1, 0.15) is 188 Å². The highest BCUT2D eigenvalue weighted by atomic mass is 16.6. The number of carbonyl (C=O) groups excluding carboxylic acids is 3. The Labute approximate surface area is 325 Å². The Balaban J connectivity index is 4.31. The van der Waals surface area contributed by atoms with Gasteiger partial charge in [-0.25, -0.2) is 0 Å². The highest BCUT2D eigenvalue weighted by Crippen LogP contribution is 2.12. The van der Waals surface area contributed by atoms with E-state index in [1.807, 2.05) is 0 Å². The zero-order valence-electron chi connectivity index (χ0n) is 34.3. The summed E-state index contributed by atoms with van der Waals surface area (Å²) in [7, 11) is 0. The molecule has 0 aromatic heterocycles. The molecule has 0 N–H and O–H groups in total. The summed E-state index contributed by atoms with van der Waals surface area (Å²) in [5.74, 6) is -0.958. The zero-order chi connectivity index (χ0) is 38.7. The number of carbonyl (C=O) groups is 3. The molecule has 0 amide bonds. The van der Waals surface area contributed by atoms with Crippen LogP contribution in [0.25, 0.3) is 0 Å². The van der Waals surface area contributed by atoms with Gasteiger partial charge in [0, 0.05) is 19.3 Å². The maximum Gasteiger partial charge on any atom is 0.306 e. The van der Waals surface area contributed by atoms with E-state index in [9.17, 15) is 14.4 Å². The minimum atomic E-state index is -0.787. The van der Waals surface area contributed by atoms with Gasteiger partial charge in [0.05, 0.1) is 0 Å². The molecule has 0 rings (SSSR count). The van der Waals surface area contributed by atoms with E-state index in [0.717, 1.165) is 116 Å². The van der Waals surface area contributed by atoms with Gasteiger partial charge in [-0.15, -0.1) is 0 Å². The number of esters is 3. The maximum absolute atomic E-state index is 12.6. The highest BCUT2D eigenvalue weighted by Gasteiger charge is 2.19. The van der Waals surface area contributed by atoms with Crippen LogP contribution in [0.3, 0.4) is 0 Å². The zero-order valence-corrected chi connectivity index (χ0v) is 34.3. The van der Waals surface area contributed by atoms with Gasteiger partial charge in [-0.2, -0.15) is 0 Å². The molecule has 0 radical (unpaired) electrons. The molecule has 0 saturated heterocycles. The highest BCUT2D eigenvalue weighted by molar-refractivity contribution is 5.71. The van der Waals surface area contributed by atoms with Gasteiger partial charge in [0.2, 0.25) is 0 Å². The Kier molecular flexibility index (Phi) is 39.1. The number of ether oxygens (including phenoxy) is 3. The van der Waals surface area contributed by atoms with Crippen molar-refractivity contribution in [3.63, 3.8) is 0 Å². The summed E-state index contributed by atoms with van der Waals surface area (Å²) in [6.07, 6.45) is 50.6. The SMILES string of the molecule is CC/C=C\C/C=C\C/C=C\C/C=C\C/C=C\CCCCCC(=O)OCC(COC(=O)CCCCCCC)OC(=O)CCCCCCC/C=C\CCCC. The van der Waals surface area contributed by atoms with E-state index in [-0.39, 0.29) is 31.1 Å². The van der Waals surface area contributed by atoms with Crippen LogP contribution in [-0.2, 0) is 28.6 Å². The van der Waals surface area contributed by atoms with Gasteiger partial charge in [-0.05, 0) is 83.5 Å². The fraction of sp³-hybridized carbons (Fsp3) is 0.681. The van der Waals surface area contributed by atoms with Crippen molar-refractivity contribution in [1.29, 1.82) is 0 Å². The average molecular weight is 739 g/mol. The van der Waals surface area contributed by atoms with Gasteiger partial charge in [0.1, 0.15) is 13.2 Å². The standard InChI is InChI=1S/C47H78O6/c1-4-7-10-13-15-17-19-20-21-22-23-24-25-26-28-29-31-34-37-40-46(49)52-43-44(42-51-45(48)39-36-33-12-9-6-3)53-47(50)41-38-35-32-30-27-18-16-14-11-8-5-2/h7,10,14-17,20-21,23-24,26,28,44H,4-6,8-9,11-13,18-19,22,25,27,29-43H2,1-3H3/b10-7-,16-14-,17-15-,21-20-,24-23-,28-26-. The molecule has 6 nitrogen and oxygen atoms in total. The molecule has 0 aliphatic carbocycles. The largest absolute Gasteiger partial charge is 0.462 e. The predicted molar refractivity (Wildman–Crippen MR) is 224 cm³/mol. The van der Waals surface area contributed by atoms with E-state index in [4.69, 9.17) is 14.2 Å². The molecule has 0 heterocycles.